The van der Waals surface area contributed by atoms with Crippen molar-refractivity contribution in [3.63, 3.8) is 0 Å². The first-order valence-corrected chi connectivity index (χ1v) is 8.23. The van der Waals surface area contributed by atoms with Gasteiger partial charge < -0.3 is 5.32 Å². The van der Waals surface area contributed by atoms with Crippen LogP contribution in [0.3, 0.4) is 0 Å². The van der Waals surface area contributed by atoms with Crippen molar-refractivity contribution in [1.29, 1.82) is 0 Å². The number of hydrogen-bond donors (Lipinski definition) is 1. The van der Waals surface area contributed by atoms with E-state index in [9.17, 15) is 0 Å². The van der Waals surface area contributed by atoms with Gasteiger partial charge in [0.2, 0.25) is 0 Å². The van der Waals surface area contributed by atoms with Crippen LogP contribution < -0.4 is 5.32 Å². The first kappa shape index (κ1) is 15.3. The van der Waals surface area contributed by atoms with Crippen molar-refractivity contribution in [2.75, 3.05) is 26.2 Å². The topological polar surface area (TPSA) is 15.3 Å². The summed E-state index contributed by atoms with van der Waals surface area (Å²) in [7, 11) is 0. The van der Waals surface area contributed by atoms with E-state index >= 15 is 0 Å². The summed E-state index contributed by atoms with van der Waals surface area (Å²) in [6, 6.07) is 6.17. The summed E-state index contributed by atoms with van der Waals surface area (Å²) in [6.45, 7) is 7.78. The zero-order chi connectivity index (χ0) is 13.7. The molecule has 0 bridgehead atoms. The Morgan fingerprint density at radius 3 is 2.74 bits per heavy atom. The molecule has 0 aliphatic carbocycles. The second kappa shape index (κ2) is 7.63. The Hall–Kier alpha value is -0.0900. The fourth-order valence-corrected chi connectivity index (χ4v) is 3.36. The van der Waals surface area contributed by atoms with E-state index < -0.39 is 0 Å². The molecule has 1 aliphatic heterocycles. The number of piperidine rings is 1. The molecule has 1 N–H and O–H groups in total. The van der Waals surface area contributed by atoms with Crippen molar-refractivity contribution in [3.8, 4) is 0 Å². The SMILES string of the molecule is CCN(Cc1ccc(Br)cc1Cl)CC1CCNCC1. The molecule has 1 saturated heterocycles. The van der Waals surface area contributed by atoms with Gasteiger partial charge in [0.15, 0.2) is 0 Å². The Kier molecular flexibility index (Phi) is 6.14. The number of nitrogens with one attached hydrogen (secondary N) is 1. The molecule has 0 aromatic heterocycles. The van der Waals surface area contributed by atoms with E-state index in [4.69, 9.17) is 11.6 Å². The molecular weight excluding hydrogens is 324 g/mol. The lowest BCUT2D eigenvalue weighted by molar-refractivity contribution is 0.207. The van der Waals surface area contributed by atoms with Crippen LogP contribution in [0.15, 0.2) is 22.7 Å². The van der Waals surface area contributed by atoms with Gasteiger partial charge in [-0.25, -0.2) is 0 Å². The second-order valence-electron chi connectivity index (χ2n) is 5.26. The number of nitrogens with zero attached hydrogens (tertiary/aromatic N) is 1. The van der Waals surface area contributed by atoms with E-state index in [0.717, 1.165) is 28.5 Å². The smallest absolute Gasteiger partial charge is 0.0462 e. The minimum atomic E-state index is 0.829. The average Bonchev–Trinajstić information content (AvgIpc) is 2.42. The van der Waals surface area contributed by atoms with Gasteiger partial charge >= 0.3 is 0 Å². The molecule has 2 rings (SSSR count). The Balaban J connectivity index is 1.94. The summed E-state index contributed by atoms with van der Waals surface area (Å²) in [5, 5.41) is 4.29. The molecule has 2 nitrogen and oxygen atoms in total. The van der Waals surface area contributed by atoms with Gasteiger partial charge in [0.05, 0.1) is 0 Å². The molecule has 0 atom stereocenters. The third-order valence-electron chi connectivity index (χ3n) is 3.83. The van der Waals surface area contributed by atoms with E-state index in [1.54, 1.807) is 0 Å². The Morgan fingerprint density at radius 2 is 2.11 bits per heavy atom. The summed E-state index contributed by atoms with van der Waals surface area (Å²) in [4.78, 5) is 2.51. The third-order valence-corrected chi connectivity index (χ3v) is 4.68. The van der Waals surface area contributed by atoms with Crippen molar-refractivity contribution in [3.05, 3.63) is 33.3 Å². The van der Waals surface area contributed by atoms with E-state index in [2.05, 4.69) is 45.2 Å². The zero-order valence-electron chi connectivity index (χ0n) is 11.5. The summed E-state index contributed by atoms with van der Waals surface area (Å²) >= 11 is 9.76. The summed E-state index contributed by atoms with van der Waals surface area (Å²) in [5.41, 5.74) is 1.22. The van der Waals surface area contributed by atoms with Gasteiger partial charge in [-0.15, -0.1) is 0 Å². The maximum atomic E-state index is 6.31. The van der Waals surface area contributed by atoms with Crippen LogP contribution in [0, 0.1) is 5.92 Å². The van der Waals surface area contributed by atoms with Crippen LogP contribution in [0.1, 0.15) is 25.3 Å². The molecule has 1 aromatic rings. The Morgan fingerprint density at radius 1 is 1.37 bits per heavy atom. The number of hydrogen-bond acceptors (Lipinski definition) is 2. The monoisotopic (exact) mass is 344 g/mol. The fourth-order valence-electron chi connectivity index (χ4n) is 2.63. The predicted octanol–water partition coefficient (Wildman–Crippen LogP) is 3.92. The highest BCUT2D eigenvalue weighted by Gasteiger charge is 2.17. The van der Waals surface area contributed by atoms with Gasteiger partial charge in [0.25, 0.3) is 0 Å². The van der Waals surface area contributed by atoms with Crippen LogP contribution in [0.25, 0.3) is 0 Å². The van der Waals surface area contributed by atoms with Gasteiger partial charge in [0.1, 0.15) is 0 Å². The minimum absolute atomic E-state index is 0.829. The highest BCUT2D eigenvalue weighted by molar-refractivity contribution is 9.10. The number of rotatable bonds is 5. The summed E-state index contributed by atoms with van der Waals surface area (Å²) in [6.07, 6.45) is 2.59. The molecule has 1 aromatic carbocycles. The van der Waals surface area contributed by atoms with Crippen molar-refractivity contribution >= 4 is 27.5 Å². The second-order valence-corrected chi connectivity index (χ2v) is 6.58. The number of benzene rings is 1. The Labute approximate surface area is 129 Å². The largest absolute Gasteiger partial charge is 0.317 e. The maximum Gasteiger partial charge on any atom is 0.0462 e. The molecule has 1 aliphatic rings. The third kappa shape index (κ3) is 4.75. The maximum absolute atomic E-state index is 6.31. The van der Waals surface area contributed by atoms with Crippen LogP contribution in [0.5, 0.6) is 0 Å². The lowest BCUT2D eigenvalue weighted by Crippen LogP contribution is -2.35. The van der Waals surface area contributed by atoms with Crippen molar-refractivity contribution in [1.82, 2.24) is 10.2 Å². The summed E-state index contributed by atoms with van der Waals surface area (Å²) < 4.78 is 1.04. The molecule has 0 radical (unpaired) electrons. The molecular formula is C15H22BrClN2. The molecule has 1 fully saturated rings. The molecule has 0 saturated carbocycles. The molecule has 4 heteroatoms. The van der Waals surface area contributed by atoms with Gasteiger partial charge in [-0.1, -0.05) is 40.5 Å². The lowest BCUT2D eigenvalue weighted by atomic mass is 9.97. The standard InChI is InChI=1S/C15H22BrClN2/c1-2-19(10-12-5-7-18-8-6-12)11-13-3-4-14(16)9-15(13)17/h3-4,9,12,18H,2,5-8,10-11H2,1H3. The molecule has 106 valence electrons. The van der Waals surface area contributed by atoms with Gasteiger partial charge in [0, 0.05) is 22.6 Å². The van der Waals surface area contributed by atoms with Crippen LogP contribution in [0.2, 0.25) is 5.02 Å². The van der Waals surface area contributed by atoms with Gasteiger partial charge in [-0.2, -0.15) is 0 Å². The minimum Gasteiger partial charge on any atom is -0.317 e. The number of halogens is 2. The van der Waals surface area contributed by atoms with E-state index in [1.165, 1.54) is 38.0 Å². The van der Waals surface area contributed by atoms with E-state index in [1.807, 2.05) is 6.07 Å². The van der Waals surface area contributed by atoms with Crippen molar-refractivity contribution in [2.45, 2.75) is 26.3 Å². The molecule has 0 amide bonds. The van der Waals surface area contributed by atoms with Crippen molar-refractivity contribution < 1.29 is 0 Å². The fraction of sp³-hybridized carbons (Fsp3) is 0.600. The molecule has 19 heavy (non-hydrogen) atoms. The van der Waals surface area contributed by atoms with E-state index in [-0.39, 0.29) is 0 Å². The van der Waals surface area contributed by atoms with Crippen molar-refractivity contribution in [2.24, 2.45) is 5.92 Å². The van der Waals surface area contributed by atoms with Gasteiger partial charge in [-0.3, -0.25) is 4.90 Å². The normalized spacial score (nSPS) is 17.1. The average molecular weight is 346 g/mol. The first-order valence-electron chi connectivity index (χ1n) is 7.06. The zero-order valence-corrected chi connectivity index (χ0v) is 13.8. The van der Waals surface area contributed by atoms with Crippen LogP contribution in [0.4, 0.5) is 0 Å². The van der Waals surface area contributed by atoms with E-state index in [0.29, 0.717) is 0 Å². The molecule has 1 heterocycles. The predicted molar refractivity (Wildman–Crippen MR) is 85.7 cm³/mol. The first-order chi connectivity index (χ1) is 9.19. The molecule has 0 spiro atoms. The highest BCUT2D eigenvalue weighted by Crippen LogP contribution is 2.23. The van der Waals surface area contributed by atoms with Crippen LogP contribution in [-0.2, 0) is 6.54 Å². The highest BCUT2D eigenvalue weighted by atomic mass is 79.9. The Bertz CT molecular complexity index is 405. The quantitative estimate of drug-likeness (QED) is 0.870. The summed E-state index contributed by atoms with van der Waals surface area (Å²) in [5.74, 6) is 0.829. The molecule has 0 unspecified atom stereocenters. The van der Waals surface area contributed by atoms with Crippen LogP contribution in [-0.4, -0.2) is 31.1 Å². The lowest BCUT2D eigenvalue weighted by Gasteiger charge is -2.29. The van der Waals surface area contributed by atoms with Crippen LogP contribution >= 0.6 is 27.5 Å². The van der Waals surface area contributed by atoms with Gasteiger partial charge in [-0.05, 0) is 56.1 Å².